The maximum Gasteiger partial charge on any atom is 0.252 e. The molecule has 3 aromatic rings. The zero-order chi connectivity index (χ0) is 17.9. The third kappa shape index (κ3) is 3.75. The molecule has 26 heavy (non-hydrogen) atoms. The summed E-state index contributed by atoms with van der Waals surface area (Å²) in [6.07, 6.45) is 3.48. The number of hydrogen-bond acceptors (Lipinski definition) is 7. The smallest absolute Gasteiger partial charge is 0.252 e. The maximum atomic E-state index is 14.1. The molecule has 0 atom stereocenters. The van der Waals surface area contributed by atoms with Crippen molar-refractivity contribution >= 4 is 11.6 Å². The van der Waals surface area contributed by atoms with Gasteiger partial charge in [-0.1, -0.05) is 5.16 Å². The Labute approximate surface area is 147 Å². The van der Waals surface area contributed by atoms with Crippen LogP contribution in [0, 0.1) is 5.82 Å². The van der Waals surface area contributed by atoms with E-state index in [4.69, 9.17) is 9.26 Å². The third-order valence-electron chi connectivity index (χ3n) is 3.82. The van der Waals surface area contributed by atoms with Crippen LogP contribution in [0.5, 0.6) is 0 Å². The van der Waals surface area contributed by atoms with Crippen LogP contribution in [0.1, 0.15) is 30.5 Å². The Morgan fingerprint density at radius 2 is 2.31 bits per heavy atom. The zero-order valence-corrected chi connectivity index (χ0v) is 13.6. The first-order valence-electron chi connectivity index (χ1n) is 8.04. The minimum atomic E-state index is -0.585. The minimum Gasteiger partial charge on any atom is -0.362 e. The van der Waals surface area contributed by atoms with E-state index >= 15 is 0 Å². The van der Waals surface area contributed by atoms with Crippen LogP contribution in [-0.4, -0.2) is 37.8 Å². The lowest BCUT2D eigenvalue weighted by Crippen LogP contribution is -2.19. The van der Waals surface area contributed by atoms with E-state index < -0.39 is 11.7 Å². The highest BCUT2D eigenvalue weighted by Gasteiger charge is 2.28. The molecule has 1 saturated carbocycles. The quantitative estimate of drug-likeness (QED) is 0.663. The summed E-state index contributed by atoms with van der Waals surface area (Å²) in [7, 11) is 0. The SMILES string of the molecule is O=C(COCc1nc(C2CC2)no1)Nc1ccc(-c2ncn[nH]2)cc1F. The van der Waals surface area contributed by atoms with Gasteiger partial charge in [0.15, 0.2) is 11.6 Å². The van der Waals surface area contributed by atoms with E-state index in [9.17, 15) is 9.18 Å². The van der Waals surface area contributed by atoms with Crippen LogP contribution in [0.25, 0.3) is 11.4 Å². The third-order valence-corrected chi connectivity index (χ3v) is 3.82. The van der Waals surface area contributed by atoms with Crippen LogP contribution < -0.4 is 5.32 Å². The number of halogens is 1. The molecular weight excluding hydrogens is 343 g/mol. The van der Waals surface area contributed by atoms with Gasteiger partial charge < -0.3 is 14.6 Å². The number of ether oxygens (including phenoxy) is 1. The molecule has 0 unspecified atom stereocenters. The molecule has 1 aromatic carbocycles. The normalized spacial score (nSPS) is 13.7. The summed E-state index contributed by atoms with van der Waals surface area (Å²) >= 11 is 0. The number of carbonyl (C=O) groups excluding carboxylic acids is 1. The number of nitrogens with one attached hydrogen (secondary N) is 2. The highest BCUT2D eigenvalue weighted by atomic mass is 19.1. The highest BCUT2D eigenvalue weighted by Crippen LogP contribution is 2.38. The first-order valence-corrected chi connectivity index (χ1v) is 8.04. The molecule has 0 spiro atoms. The van der Waals surface area contributed by atoms with E-state index in [1.807, 2.05) is 0 Å². The van der Waals surface area contributed by atoms with Gasteiger partial charge in [0.25, 0.3) is 5.89 Å². The number of H-pyrrole nitrogens is 1. The van der Waals surface area contributed by atoms with E-state index in [-0.39, 0.29) is 18.9 Å². The summed E-state index contributed by atoms with van der Waals surface area (Å²) in [6.45, 7) is -0.232. The molecule has 0 radical (unpaired) electrons. The van der Waals surface area contributed by atoms with Crippen LogP contribution in [-0.2, 0) is 16.1 Å². The zero-order valence-electron chi connectivity index (χ0n) is 13.6. The van der Waals surface area contributed by atoms with Crippen molar-refractivity contribution in [1.29, 1.82) is 0 Å². The number of amides is 1. The molecular formula is C16H15FN6O3. The molecule has 0 bridgehead atoms. The predicted molar refractivity (Wildman–Crippen MR) is 86.3 cm³/mol. The summed E-state index contributed by atoms with van der Waals surface area (Å²) < 4.78 is 24.4. The molecule has 134 valence electrons. The predicted octanol–water partition coefficient (Wildman–Crippen LogP) is 2.03. The summed E-state index contributed by atoms with van der Waals surface area (Å²) in [6, 6.07) is 4.33. The molecule has 0 saturated heterocycles. The molecule has 1 aliphatic carbocycles. The highest BCUT2D eigenvalue weighted by molar-refractivity contribution is 5.92. The van der Waals surface area contributed by atoms with Gasteiger partial charge in [-0.2, -0.15) is 10.1 Å². The Kier molecular flexibility index (Phi) is 4.40. The first kappa shape index (κ1) is 16.3. The lowest BCUT2D eigenvalue weighted by atomic mass is 10.2. The number of aromatic amines is 1. The topological polar surface area (TPSA) is 119 Å². The second-order valence-electron chi connectivity index (χ2n) is 5.89. The van der Waals surface area contributed by atoms with Gasteiger partial charge in [-0.3, -0.25) is 9.89 Å². The summed E-state index contributed by atoms with van der Waals surface area (Å²) in [5, 5.41) is 12.7. The first-order chi connectivity index (χ1) is 12.7. The van der Waals surface area contributed by atoms with Gasteiger partial charge in [-0.05, 0) is 31.0 Å². The number of nitrogens with zero attached hydrogens (tertiary/aromatic N) is 4. The van der Waals surface area contributed by atoms with Crippen LogP contribution >= 0.6 is 0 Å². The number of benzene rings is 1. The average Bonchev–Trinajstić information content (AvgIpc) is 3.14. The largest absolute Gasteiger partial charge is 0.362 e. The Bertz CT molecular complexity index is 907. The molecule has 9 nitrogen and oxygen atoms in total. The fourth-order valence-corrected chi connectivity index (χ4v) is 2.36. The summed E-state index contributed by atoms with van der Waals surface area (Å²) in [5.74, 6) is 0.759. The van der Waals surface area contributed by atoms with Crippen molar-refractivity contribution in [1.82, 2.24) is 25.3 Å². The van der Waals surface area contributed by atoms with Crippen LogP contribution in [0.4, 0.5) is 10.1 Å². The van der Waals surface area contributed by atoms with Crippen molar-refractivity contribution in [3.63, 3.8) is 0 Å². The number of hydrogen-bond donors (Lipinski definition) is 2. The van der Waals surface area contributed by atoms with Gasteiger partial charge in [0.2, 0.25) is 5.91 Å². The molecule has 2 N–H and O–H groups in total. The van der Waals surface area contributed by atoms with Crippen molar-refractivity contribution in [3.05, 3.63) is 42.1 Å². The van der Waals surface area contributed by atoms with E-state index in [0.717, 1.165) is 12.8 Å². The average molecular weight is 358 g/mol. The molecule has 1 amide bonds. The maximum absolute atomic E-state index is 14.1. The van der Waals surface area contributed by atoms with Crippen molar-refractivity contribution in [2.24, 2.45) is 0 Å². The second kappa shape index (κ2) is 7.00. The monoisotopic (exact) mass is 358 g/mol. The van der Waals surface area contributed by atoms with Crippen molar-refractivity contribution in [2.45, 2.75) is 25.4 Å². The number of rotatable bonds is 7. The molecule has 0 aliphatic heterocycles. The Balaban J connectivity index is 1.28. The fraction of sp³-hybridized carbons (Fsp3) is 0.312. The summed E-state index contributed by atoms with van der Waals surface area (Å²) in [5.41, 5.74) is 0.577. The number of carbonyl (C=O) groups is 1. The van der Waals surface area contributed by atoms with Crippen molar-refractivity contribution in [2.75, 3.05) is 11.9 Å². The van der Waals surface area contributed by atoms with Gasteiger partial charge in [0.05, 0.1) is 5.69 Å². The molecule has 2 aromatic heterocycles. The standard InChI is InChI=1S/C16H15FN6O3/c17-11-5-10(15-18-8-19-22-15)3-4-12(11)20-13(24)6-25-7-14-21-16(23-26-14)9-1-2-9/h3-5,8-9H,1-2,6-7H2,(H,20,24)(H,18,19,22). The van der Waals surface area contributed by atoms with Gasteiger partial charge in [0.1, 0.15) is 25.4 Å². The number of anilines is 1. The van der Waals surface area contributed by atoms with E-state index in [0.29, 0.717) is 29.0 Å². The molecule has 1 fully saturated rings. The Morgan fingerprint density at radius 1 is 1.42 bits per heavy atom. The van der Waals surface area contributed by atoms with Crippen molar-refractivity contribution in [3.8, 4) is 11.4 Å². The fourth-order valence-electron chi connectivity index (χ4n) is 2.36. The lowest BCUT2D eigenvalue weighted by Gasteiger charge is -2.07. The van der Waals surface area contributed by atoms with Crippen LogP contribution in [0.3, 0.4) is 0 Å². The minimum absolute atomic E-state index is 0.0278. The van der Waals surface area contributed by atoms with E-state index in [1.54, 1.807) is 6.07 Å². The second-order valence-corrected chi connectivity index (χ2v) is 5.89. The van der Waals surface area contributed by atoms with Gasteiger partial charge in [-0.15, -0.1) is 0 Å². The molecule has 1 aliphatic rings. The molecule has 4 rings (SSSR count). The van der Waals surface area contributed by atoms with Crippen LogP contribution in [0.15, 0.2) is 29.0 Å². The summed E-state index contributed by atoms with van der Waals surface area (Å²) in [4.78, 5) is 20.0. The van der Waals surface area contributed by atoms with E-state index in [2.05, 4.69) is 30.6 Å². The Morgan fingerprint density at radius 3 is 3.04 bits per heavy atom. The Hall–Kier alpha value is -3.14. The lowest BCUT2D eigenvalue weighted by molar-refractivity contribution is -0.121. The van der Waals surface area contributed by atoms with Gasteiger partial charge >= 0.3 is 0 Å². The van der Waals surface area contributed by atoms with Crippen molar-refractivity contribution < 1.29 is 18.4 Å². The number of aromatic nitrogens is 5. The van der Waals surface area contributed by atoms with E-state index in [1.165, 1.54) is 18.5 Å². The van der Waals surface area contributed by atoms with Gasteiger partial charge in [-0.25, -0.2) is 9.37 Å². The molecule has 2 heterocycles. The van der Waals surface area contributed by atoms with Gasteiger partial charge in [0, 0.05) is 11.5 Å². The van der Waals surface area contributed by atoms with Crippen LogP contribution in [0.2, 0.25) is 0 Å². The molecule has 10 heteroatoms.